The number of likely N-dealkylation sites (tertiary alicyclic amines) is 2. The van der Waals surface area contributed by atoms with Crippen molar-refractivity contribution in [3.05, 3.63) is 0 Å². The summed E-state index contributed by atoms with van der Waals surface area (Å²) in [5.41, 5.74) is 11.1. The van der Waals surface area contributed by atoms with Gasteiger partial charge in [0.05, 0.1) is 0 Å². The van der Waals surface area contributed by atoms with Gasteiger partial charge in [0.15, 0.2) is 0 Å². The quantitative estimate of drug-likeness (QED) is 0.0455. The highest BCUT2D eigenvalue weighted by Gasteiger charge is 2.20. The Labute approximate surface area is 403 Å². The van der Waals surface area contributed by atoms with Crippen LogP contribution >= 0.6 is 0 Å². The lowest BCUT2D eigenvalue weighted by Gasteiger charge is -2.32. The van der Waals surface area contributed by atoms with E-state index in [9.17, 15) is 0 Å². The van der Waals surface area contributed by atoms with E-state index in [1.165, 1.54) is 322 Å². The molecule has 0 aromatic rings. The highest BCUT2D eigenvalue weighted by Crippen LogP contribution is 2.25. The maximum Gasteiger partial charge on any atom is 0.000966 e. The van der Waals surface area contributed by atoms with Gasteiger partial charge in [-0.15, -0.1) is 0 Å². The highest BCUT2D eigenvalue weighted by atomic mass is 15.1. The number of nitrogens with one attached hydrogen (secondary N) is 2. The summed E-state index contributed by atoms with van der Waals surface area (Å²) in [4.78, 5) is 5.66. The molecule has 0 radical (unpaired) electrons. The number of rotatable bonds is 51. The molecule has 0 spiro atoms. The smallest absolute Gasteiger partial charge is 0.000966 e. The molecule has 2 heterocycles. The molecule has 2 saturated heterocycles. The van der Waals surface area contributed by atoms with Gasteiger partial charge in [0.1, 0.15) is 0 Å². The van der Waals surface area contributed by atoms with E-state index < -0.39 is 0 Å². The second-order valence-electron chi connectivity index (χ2n) is 21.7. The number of nitrogens with zero attached hydrogens (tertiary/aromatic N) is 2. The van der Waals surface area contributed by atoms with E-state index in [0.29, 0.717) is 0 Å². The van der Waals surface area contributed by atoms with Gasteiger partial charge in [0.25, 0.3) is 0 Å². The zero-order valence-corrected chi connectivity index (χ0v) is 43.8. The SMILES string of the molecule is NCCCCCCCCCCCCCCCCN1CCCC(CCCCCCCCCCCCC2CCCN(CCCCCCCCCCCCCCNCCCNCCCN)C2)C1. The van der Waals surface area contributed by atoms with Crippen molar-refractivity contribution in [3.8, 4) is 0 Å². The molecular weight excluding hydrogens is 781 g/mol. The number of hydrogen-bond donors (Lipinski definition) is 4. The minimum atomic E-state index is 0.795. The fourth-order valence-electron chi connectivity index (χ4n) is 11.2. The van der Waals surface area contributed by atoms with Gasteiger partial charge in [0.2, 0.25) is 0 Å². The van der Waals surface area contributed by atoms with Gasteiger partial charge in [-0.25, -0.2) is 0 Å². The van der Waals surface area contributed by atoms with Crippen molar-refractivity contribution < 1.29 is 0 Å². The van der Waals surface area contributed by atoms with Gasteiger partial charge < -0.3 is 31.9 Å². The van der Waals surface area contributed by atoms with Crippen LogP contribution in [0.5, 0.6) is 0 Å². The van der Waals surface area contributed by atoms with Crippen molar-refractivity contribution in [3.63, 3.8) is 0 Å². The first-order chi connectivity index (χ1) is 31.8. The Morgan fingerprint density at radius 2 is 0.578 bits per heavy atom. The van der Waals surface area contributed by atoms with Crippen LogP contribution < -0.4 is 22.1 Å². The molecule has 0 saturated carbocycles. The van der Waals surface area contributed by atoms with Crippen LogP contribution in [0.25, 0.3) is 0 Å². The standard InChI is InChI=1S/C58H120N6/c59-45-33-27-21-15-9-3-1-2-5-11-17-23-29-35-51-63-53-37-43-57(55-63)41-31-25-19-13-7-8-14-20-26-32-42-58-44-38-54-64(56-58)52-36-30-24-18-12-6-4-10-16-22-28-34-47-61-49-40-50-62-48-39-46-60/h57-58,61-62H,1-56,59-60H2. The Bertz CT molecular complexity index is 887. The van der Waals surface area contributed by atoms with E-state index in [4.69, 9.17) is 11.5 Å². The summed E-state index contributed by atoms with van der Waals surface area (Å²) < 4.78 is 0. The van der Waals surface area contributed by atoms with Crippen LogP contribution in [0, 0.1) is 11.8 Å². The van der Waals surface area contributed by atoms with Crippen LogP contribution in [0.1, 0.15) is 283 Å². The molecule has 64 heavy (non-hydrogen) atoms. The molecule has 2 fully saturated rings. The highest BCUT2D eigenvalue weighted by molar-refractivity contribution is 4.74. The fourth-order valence-corrected chi connectivity index (χ4v) is 11.2. The molecule has 2 atom stereocenters. The van der Waals surface area contributed by atoms with Crippen molar-refractivity contribution in [1.29, 1.82) is 0 Å². The average Bonchev–Trinajstić information content (AvgIpc) is 3.31. The molecule has 0 amide bonds. The lowest BCUT2D eigenvalue weighted by Crippen LogP contribution is -2.36. The van der Waals surface area contributed by atoms with Crippen LogP contribution in [0.4, 0.5) is 0 Å². The van der Waals surface area contributed by atoms with E-state index in [2.05, 4.69) is 20.4 Å². The van der Waals surface area contributed by atoms with Crippen molar-refractivity contribution in [2.45, 2.75) is 283 Å². The molecule has 2 aliphatic rings. The first-order valence-corrected chi connectivity index (χ1v) is 30.1. The zero-order chi connectivity index (χ0) is 45.3. The number of unbranched alkanes of at least 4 members (excludes halogenated alkanes) is 33. The summed E-state index contributed by atoms with van der Waals surface area (Å²) >= 11 is 0. The molecule has 0 bridgehead atoms. The predicted octanol–water partition coefficient (Wildman–Crippen LogP) is 15.1. The van der Waals surface area contributed by atoms with Gasteiger partial charge in [-0.3, -0.25) is 0 Å². The molecule has 6 N–H and O–H groups in total. The first-order valence-electron chi connectivity index (χ1n) is 30.1. The minimum Gasteiger partial charge on any atom is -0.330 e. The average molecular weight is 902 g/mol. The molecule has 0 aromatic heterocycles. The molecule has 0 aromatic carbocycles. The number of nitrogens with two attached hydrogens (primary N) is 2. The Kier molecular flexibility index (Phi) is 46.0. The molecule has 2 unspecified atom stereocenters. The molecule has 6 nitrogen and oxygen atoms in total. The molecule has 6 heteroatoms. The lowest BCUT2D eigenvalue weighted by molar-refractivity contribution is 0.163. The van der Waals surface area contributed by atoms with E-state index in [1.807, 2.05) is 0 Å². The molecular formula is C58H120N6. The van der Waals surface area contributed by atoms with Crippen LogP contribution in [0.15, 0.2) is 0 Å². The Morgan fingerprint density at radius 1 is 0.297 bits per heavy atom. The van der Waals surface area contributed by atoms with Gasteiger partial charge in [0, 0.05) is 13.1 Å². The van der Waals surface area contributed by atoms with Gasteiger partial charge >= 0.3 is 0 Å². The summed E-state index contributed by atoms with van der Waals surface area (Å²) in [6.07, 6.45) is 63.4. The molecule has 2 rings (SSSR count). The van der Waals surface area contributed by atoms with Crippen LogP contribution in [-0.4, -0.2) is 88.3 Å². The van der Waals surface area contributed by atoms with Crippen molar-refractivity contribution in [2.75, 3.05) is 78.5 Å². The monoisotopic (exact) mass is 901 g/mol. The van der Waals surface area contributed by atoms with E-state index in [-0.39, 0.29) is 0 Å². The molecule has 2 aliphatic heterocycles. The van der Waals surface area contributed by atoms with Gasteiger partial charge in [-0.05, 0) is 154 Å². The third kappa shape index (κ3) is 40.8. The van der Waals surface area contributed by atoms with Gasteiger partial charge in [-0.2, -0.15) is 0 Å². The number of hydrogen-bond acceptors (Lipinski definition) is 6. The third-order valence-electron chi connectivity index (χ3n) is 15.5. The molecule has 382 valence electrons. The van der Waals surface area contributed by atoms with E-state index in [1.54, 1.807) is 0 Å². The van der Waals surface area contributed by atoms with Crippen molar-refractivity contribution in [2.24, 2.45) is 23.3 Å². The van der Waals surface area contributed by atoms with Crippen LogP contribution in [-0.2, 0) is 0 Å². The summed E-state index contributed by atoms with van der Waals surface area (Å²) in [7, 11) is 0. The number of piperidine rings is 2. The Balaban J connectivity index is 1.25. The van der Waals surface area contributed by atoms with Gasteiger partial charge in [-0.1, -0.05) is 205 Å². The van der Waals surface area contributed by atoms with Crippen molar-refractivity contribution >= 4 is 0 Å². The topological polar surface area (TPSA) is 82.6 Å². The first kappa shape index (κ1) is 59.9. The summed E-state index contributed by atoms with van der Waals surface area (Å²) in [5, 5.41) is 7.06. The lowest BCUT2D eigenvalue weighted by atomic mass is 9.91. The van der Waals surface area contributed by atoms with E-state index >= 15 is 0 Å². The normalized spacial score (nSPS) is 17.5. The Hall–Kier alpha value is -0.240. The second-order valence-corrected chi connectivity index (χ2v) is 21.7. The summed E-state index contributed by atoms with van der Waals surface area (Å²) in [6, 6.07) is 0. The zero-order valence-electron chi connectivity index (χ0n) is 43.8. The van der Waals surface area contributed by atoms with Crippen LogP contribution in [0.2, 0.25) is 0 Å². The Morgan fingerprint density at radius 3 is 0.938 bits per heavy atom. The maximum atomic E-state index is 5.59. The van der Waals surface area contributed by atoms with Crippen molar-refractivity contribution in [1.82, 2.24) is 20.4 Å². The minimum absolute atomic E-state index is 0.795. The summed E-state index contributed by atoms with van der Waals surface area (Å²) in [5.74, 6) is 1.98. The van der Waals surface area contributed by atoms with Crippen LogP contribution in [0.3, 0.4) is 0 Å². The predicted molar refractivity (Wildman–Crippen MR) is 287 cm³/mol. The summed E-state index contributed by atoms with van der Waals surface area (Å²) in [6.45, 7) is 14.5. The molecule has 0 aliphatic carbocycles. The third-order valence-corrected chi connectivity index (χ3v) is 15.5. The fraction of sp³-hybridized carbons (Fsp3) is 1.00. The largest absolute Gasteiger partial charge is 0.330 e. The maximum absolute atomic E-state index is 5.59. The second kappa shape index (κ2) is 49.2. The van der Waals surface area contributed by atoms with E-state index in [0.717, 1.165) is 51.0 Å².